The summed E-state index contributed by atoms with van der Waals surface area (Å²) in [5.41, 5.74) is 3.57. The van der Waals surface area contributed by atoms with Crippen molar-refractivity contribution in [3.8, 4) is 11.6 Å². The van der Waals surface area contributed by atoms with Gasteiger partial charge < -0.3 is 19.1 Å². The van der Waals surface area contributed by atoms with Gasteiger partial charge in [0.2, 0.25) is 5.88 Å². The lowest BCUT2D eigenvalue weighted by molar-refractivity contribution is 0.0672. The fourth-order valence-electron chi connectivity index (χ4n) is 3.11. The molecule has 0 atom stereocenters. The summed E-state index contributed by atoms with van der Waals surface area (Å²) in [7, 11) is 1.46. The number of benzene rings is 2. The number of nitrogens with zero attached hydrogens (tertiary/aromatic N) is 4. The predicted octanol–water partition coefficient (Wildman–Crippen LogP) is 4.78. The van der Waals surface area contributed by atoms with Crippen LogP contribution in [0.2, 0.25) is 10.0 Å². The van der Waals surface area contributed by atoms with Gasteiger partial charge in [-0.05, 0) is 35.8 Å². The summed E-state index contributed by atoms with van der Waals surface area (Å²) in [4.78, 5) is 10.2. The maximum Gasteiger partial charge on any atom is 0.280 e. The normalized spacial score (nSPS) is 13.8. The van der Waals surface area contributed by atoms with E-state index in [1.54, 1.807) is 22.9 Å². The molecule has 0 aliphatic carbocycles. The molecular formula is C22H20Cl2N4O4. The van der Waals surface area contributed by atoms with Gasteiger partial charge in [0.15, 0.2) is 12.3 Å². The summed E-state index contributed by atoms with van der Waals surface area (Å²) >= 11 is 12.3. The lowest BCUT2D eigenvalue weighted by Gasteiger charge is -2.16. The maximum atomic E-state index is 6.31. The second kappa shape index (κ2) is 9.93. The third-order valence-corrected chi connectivity index (χ3v) is 5.13. The molecule has 2 aromatic carbocycles. The zero-order valence-electron chi connectivity index (χ0n) is 17.4. The van der Waals surface area contributed by atoms with Gasteiger partial charge in [-0.3, -0.25) is 0 Å². The van der Waals surface area contributed by atoms with Gasteiger partial charge in [-0.1, -0.05) is 52.6 Å². The van der Waals surface area contributed by atoms with Crippen molar-refractivity contribution in [3.05, 3.63) is 75.4 Å². The minimum absolute atomic E-state index is 0.235. The van der Waals surface area contributed by atoms with Gasteiger partial charge >= 0.3 is 0 Å². The zero-order chi connectivity index (χ0) is 22.5. The molecule has 1 aromatic heterocycles. The lowest BCUT2D eigenvalue weighted by atomic mass is 10.0. The predicted molar refractivity (Wildman–Crippen MR) is 122 cm³/mol. The summed E-state index contributed by atoms with van der Waals surface area (Å²) in [6, 6.07) is 12.8. The molecule has 0 N–H and O–H groups in total. The zero-order valence-corrected chi connectivity index (χ0v) is 18.9. The SMILES string of the molecule is CO/N=C(\C1=NOCCO1)c1ccccc1COc1nn(-c2ccc(Cl)cc2Cl)cc1C. The quantitative estimate of drug-likeness (QED) is 0.363. The third kappa shape index (κ3) is 4.81. The maximum absolute atomic E-state index is 6.31. The lowest BCUT2D eigenvalue weighted by Crippen LogP contribution is -2.26. The van der Waals surface area contributed by atoms with Crippen molar-refractivity contribution < 1.29 is 19.1 Å². The molecule has 10 heteroatoms. The highest BCUT2D eigenvalue weighted by molar-refractivity contribution is 6.45. The summed E-state index contributed by atoms with van der Waals surface area (Å²) in [5, 5.41) is 13.6. The van der Waals surface area contributed by atoms with E-state index < -0.39 is 0 Å². The van der Waals surface area contributed by atoms with E-state index in [1.807, 2.05) is 37.4 Å². The van der Waals surface area contributed by atoms with E-state index in [0.717, 1.165) is 16.7 Å². The Balaban J connectivity index is 1.58. The van der Waals surface area contributed by atoms with E-state index in [-0.39, 0.29) is 12.5 Å². The number of hydrogen-bond acceptors (Lipinski definition) is 7. The second-order valence-electron chi connectivity index (χ2n) is 6.80. The highest BCUT2D eigenvalue weighted by atomic mass is 35.5. The highest BCUT2D eigenvalue weighted by Crippen LogP contribution is 2.27. The van der Waals surface area contributed by atoms with Crippen LogP contribution in [-0.4, -0.2) is 41.7 Å². The van der Waals surface area contributed by atoms with Crippen LogP contribution in [0.5, 0.6) is 5.88 Å². The average molecular weight is 475 g/mol. The van der Waals surface area contributed by atoms with E-state index in [0.29, 0.717) is 40.5 Å². The summed E-state index contributed by atoms with van der Waals surface area (Å²) in [6.07, 6.45) is 1.84. The van der Waals surface area contributed by atoms with Crippen LogP contribution in [0.1, 0.15) is 16.7 Å². The molecule has 0 fully saturated rings. The van der Waals surface area contributed by atoms with Crippen molar-refractivity contribution in [2.45, 2.75) is 13.5 Å². The van der Waals surface area contributed by atoms with Crippen LogP contribution in [0.3, 0.4) is 0 Å². The average Bonchev–Trinajstić information content (AvgIpc) is 3.17. The number of aryl methyl sites for hydroxylation is 1. The van der Waals surface area contributed by atoms with Crippen molar-refractivity contribution in [2.24, 2.45) is 10.3 Å². The van der Waals surface area contributed by atoms with Gasteiger partial charge in [0, 0.05) is 22.3 Å². The molecule has 0 saturated carbocycles. The molecule has 0 amide bonds. The molecule has 8 nitrogen and oxygen atoms in total. The first-order valence-corrected chi connectivity index (χ1v) is 10.5. The monoisotopic (exact) mass is 474 g/mol. The molecule has 3 aromatic rings. The number of ether oxygens (including phenoxy) is 2. The van der Waals surface area contributed by atoms with Gasteiger partial charge in [-0.2, -0.15) is 0 Å². The Kier molecular flexibility index (Phi) is 6.82. The third-order valence-electron chi connectivity index (χ3n) is 4.59. The molecule has 2 heterocycles. The molecule has 32 heavy (non-hydrogen) atoms. The summed E-state index contributed by atoms with van der Waals surface area (Å²) in [5.74, 6) is 0.731. The molecule has 0 bridgehead atoms. The van der Waals surface area contributed by atoms with Gasteiger partial charge in [-0.25, -0.2) is 4.68 Å². The first-order chi connectivity index (χ1) is 15.6. The summed E-state index contributed by atoms with van der Waals surface area (Å²) < 4.78 is 13.3. The van der Waals surface area contributed by atoms with Crippen LogP contribution in [0.15, 0.2) is 59.0 Å². The van der Waals surface area contributed by atoms with Crippen molar-refractivity contribution in [3.63, 3.8) is 0 Å². The molecule has 1 aliphatic heterocycles. The standard InChI is InChI=1S/C22H20Cl2N4O4/c1-14-12-28(19-8-7-16(23)11-18(19)24)25-21(14)31-13-15-5-3-4-6-17(15)20(26-29-2)22-27-32-10-9-30-22/h3-8,11-12H,9-10,13H2,1-2H3/b26-20-. The minimum Gasteiger partial charge on any atom is -0.472 e. The van der Waals surface area contributed by atoms with Gasteiger partial charge in [0.05, 0.1) is 10.7 Å². The Morgan fingerprint density at radius 2 is 2.03 bits per heavy atom. The smallest absolute Gasteiger partial charge is 0.280 e. The molecule has 0 spiro atoms. The molecule has 4 rings (SSSR count). The van der Waals surface area contributed by atoms with E-state index in [4.69, 9.17) is 42.4 Å². The van der Waals surface area contributed by atoms with E-state index in [1.165, 1.54) is 7.11 Å². The number of halogens is 2. The van der Waals surface area contributed by atoms with Crippen LogP contribution in [0, 0.1) is 6.92 Å². The number of oxime groups is 2. The van der Waals surface area contributed by atoms with Crippen LogP contribution in [0.25, 0.3) is 5.69 Å². The molecule has 0 unspecified atom stereocenters. The minimum atomic E-state index is 0.235. The van der Waals surface area contributed by atoms with E-state index in [2.05, 4.69) is 15.4 Å². The van der Waals surface area contributed by atoms with E-state index >= 15 is 0 Å². The Morgan fingerprint density at radius 3 is 2.78 bits per heavy atom. The van der Waals surface area contributed by atoms with Gasteiger partial charge in [0.25, 0.3) is 5.90 Å². The molecular weight excluding hydrogens is 455 g/mol. The van der Waals surface area contributed by atoms with Gasteiger partial charge in [0.1, 0.15) is 20.3 Å². The Morgan fingerprint density at radius 1 is 1.19 bits per heavy atom. The van der Waals surface area contributed by atoms with Crippen molar-refractivity contribution in [1.29, 1.82) is 0 Å². The van der Waals surface area contributed by atoms with Crippen molar-refractivity contribution in [1.82, 2.24) is 9.78 Å². The molecule has 0 radical (unpaired) electrons. The number of aromatic nitrogens is 2. The summed E-state index contributed by atoms with van der Waals surface area (Å²) in [6.45, 7) is 2.91. The van der Waals surface area contributed by atoms with Crippen LogP contribution >= 0.6 is 23.2 Å². The Labute approximate surface area is 194 Å². The molecule has 166 valence electrons. The van der Waals surface area contributed by atoms with E-state index in [9.17, 15) is 0 Å². The van der Waals surface area contributed by atoms with Crippen LogP contribution < -0.4 is 4.74 Å². The number of rotatable bonds is 7. The van der Waals surface area contributed by atoms with Crippen molar-refractivity contribution >= 4 is 34.8 Å². The number of hydrogen-bond donors (Lipinski definition) is 0. The van der Waals surface area contributed by atoms with Crippen LogP contribution in [-0.2, 0) is 21.0 Å². The highest BCUT2D eigenvalue weighted by Gasteiger charge is 2.22. The second-order valence-corrected chi connectivity index (χ2v) is 7.65. The van der Waals surface area contributed by atoms with Gasteiger partial charge in [-0.15, -0.1) is 5.10 Å². The Bertz CT molecular complexity index is 1180. The first kappa shape index (κ1) is 22.0. The topological polar surface area (TPSA) is 79.5 Å². The fourth-order valence-corrected chi connectivity index (χ4v) is 3.61. The molecule has 1 aliphatic rings. The fraction of sp³-hybridized carbons (Fsp3) is 0.227. The molecule has 0 saturated heterocycles. The first-order valence-electron chi connectivity index (χ1n) is 9.74. The largest absolute Gasteiger partial charge is 0.472 e. The Hall–Kier alpha value is -3.23. The van der Waals surface area contributed by atoms with Crippen molar-refractivity contribution in [2.75, 3.05) is 20.3 Å². The van der Waals surface area contributed by atoms with Crippen LogP contribution in [0.4, 0.5) is 0 Å².